The summed E-state index contributed by atoms with van der Waals surface area (Å²) in [5, 5.41) is 29.6. The Labute approximate surface area is 104 Å². The maximum atomic E-state index is 10.9. The number of ether oxygens (including phenoxy) is 1. The molecule has 0 saturated heterocycles. The monoisotopic (exact) mass is 250 g/mol. The average molecular weight is 250 g/mol. The van der Waals surface area contributed by atoms with Crippen LogP contribution in [-0.2, 0) is 9.53 Å². The van der Waals surface area contributed by atoms with Crippen molar-refractivity contribution in [1.82, 2.24) is 0 Å². The number of benzene rings is 1. The van der Waals surface area contributed by atoms with Crippen molar-refractivity contribution in [2.75, 3.05) is 0 Å². The van der Waals surface area contributed by atoms with Gasteiger partial charge in [0, 0.05) is 12.5 Å². The second-order valence-corrected chi connectivity index (χ2v) is 4.23. The Morgan fingerprint density at radius 1 is 1.22 bits per heavy atom. The van der Waals surface area contributed by atoms with E-state index in [9.17, 15) is 20.1 Å². The molecular weight excluding hydrogens is 236 g/mol. The van der Waals surface area contributed by atoms with Crippen molar-refractivity contribution in [1.29, 1.82) is 0 Å². The van der Waals surface area contributed by atoms with E-state index < -0.39 is 24.0 Å². The second kappa shape index (κ2) is 4.89. The van der Waals surface area contributed by atoms with Gasteiger partial charge in [-0.3, -0.25) is 0 Å². The number of carbonyl (C=O) groups is 1. The number of rotatable bonds is 4. The van der Waals surface area contributed by atoms with Gasteiger partial charge in [0.05, 0.1) is 6.10 Å². The Balaban J connectivity index is 2.02. The zero-order chi connectivity index (χ0) is 13.2. The first-order chi connectivity index (χ1) is 8.50. The Bertz CT molecular complexity index is 456. The van der Waals surface area contributed by atoms with Gasteiger partial charge in [-0.15, -0.1) is 0 Å². The van der Waals surface area contributed by atoms with Crippen molar-refractivity contribution in [2.24, 2.45) is 0 Å². The van der Waals surface area contributed by atoms with Crippen LogP contribution in [0.3, 0.4) is 0 Å². The van der Waals surface area contributed by atoms with E-state index >= 15 is 0 Å². The summed E-state index contributed by atoms with van der Waals surface area (Å²) in [7, 11) is 0. The molecular formula is C13H14O5. The van der Waals surface area contributed by atoms with Crippen molar-refractivity contribution in [3.63, 3.8) is 0 Å². The molecule has 0 spiro atoms. The molecule has 0 amide bonds. The van der Waals surface area contributed by atoms with Gasteiger partial charge in [-0.25, -0.2) is 4.79 Å². The Morgan fingerprint density at radius 2 is 1.89 bits per heavy atom. The molecule has 0 saturated carbocycles. The molecule has 3 atom stereocenters. The molecule has 5 heteroatoms. The standard InChI is InChI=1S/C13H14O5/c14-10(8-13(17)7-6-11(15)18-13)12(16)9-4-2-1-3-5-9/h1-7,10,12,14,16-17H,8H2/t10-,12+,13?/m0/s1. The summed E-state index contributed by atoms with van der Waals surface area (Å²) in [4.78, 5) is 10.9. The highest BCUT2D eigenvalue weighted by Crippen LogP contribution is 2.27. The molecule has 0 aliphatic carbocycles. The maximum absolute atomic E-state index is 10.9. The van der Waals surface area contributed by atoms with Gasteiger partial charge in [0.25, 0.3) is 0 Å². The SMILES string of the molecule is O=C1C=CC(O)(C[C@H](O)[C@H](O)c2ccccc2)O1. The highest BCUT2D eigenvalue weighted by atomic mass is 16.7. The summed E-state index contributed by atoms with van der Waals surface area (Å²) in [6, 6.07) is 8.57. The largest absolute Gasteiger partial charge is 0.426 e. The minimum Gasteiger partial charge on any atom is -0.426 e. The highest BCUT2D eigenvalue weighted by molar-refractivity contribution is 5.84. The topological polar surface area (TPSA) is 87.0 Å². The van der Waals surface area contributed by atoms with Gasteiger partial charge >= 0.3 is 5.97 Å². The summed E-state index contributed by atoms with van der Waals surface area (Å²) in [5.74, 6) is -2.51. The molecule has 1 heterocycles. The molecule has 1 aliphatic rings. The summed E-state index contributed by atoms with van der Waals surface area (Å²) in [5.41, 5.74) is 0.530. The van der Waals surface area contributed by atoms with Crippen LogP contribution in [0, 0.1) is 0 Å². The van der Waals surface area contributed by atoms with Crippen LogP contribution < -0.4 is 0 Å². The highest BCUT2D eigenvalue weighted by Gasteiger charge is 2.37. The molecule has 2 rings (SSSR count). The number of aliphatic hydroxyl groups excluding tert-OH is 2. The lowest BCUT2D eigenvalue weighted by Gasteiger charge is -2.25. The fraction of sp³-hybridized carbons (Fsp3) is 0.308. The van der Waals surface area contributed by atoms with Gasteiger partial charge in [0.2, 0.25) is 5.79 Å². The second-order valence-electron chi connectivity index (χ2n) is 4.23. The summed E-state index contributed by atoms with van der Waals surface area (Å²) < 4.78 is 4.64. The Kier molecular flexibility index (Phi) is 3.47. The summed E-state index contributed by atoms with van der Waals surface area (Å²) >= 11 is 0. The van der Waals surface area contributed by atoms with Crippen LogP contribution in [0.2, 0.25) is 0 Å². The molecule has 1 unspecified atom stereocenters. The zero-order valence-corrected chi connectivity index (χ0v) is 9.56. The third kappa shape index (κ3) is 2.76. The molecule has 0 radical (unpaired) electrons. The molecule has 18 heavy (non-hydrogen) atoms. The van der Waals surface area contributed by atoms with Crippen LogP contribution in [0.1, 0.15) is 18.1 Å². The van der Waals surface area contributed by atoms with Gasteiger partial charge in [-0.05, 0) is 11.6 Å². The first-order valence-corrected chi connectivity index (χ1v) is 5.56. The third-order valence-electron chi connectivity index (χ3n) is 2.76. The van der Waals surface area contributed by atoms with Crippen LogP contribution in [0.4, 0.5) is 0 Å². The fourth-order valence-electron chi connectivity index (χ4n) is 1.83. The van der Waals surface area contributed by atoms with Gasteiger partial charge < -0.3 is 20.1 Å². The lowest BCUT2D eigenvalue weighted by atomic mass is 9.98. The Hall–Kier alpha value is -1.69. The predicted molar refractivity (Wildman–Crippen MR) is 62.2 cm³/mol. The van der Waals surface area contributed by atoms with Gasteiger partial charge in [0.1, 0.15) is 6.10 Å². The van der Waals surface area contributed by atoms with Gasteiger partial charge in [-0.2, -0.15) is 0 Å². The van der Waals surface area contributed by atoms with E-state index in [1.807, 2.05) is 0 Å². The third-order valence-corrected chi connectivity index (χ3v) is 2.76. The van der Waals surface area contributed by atoms with Crippen LogP contribution in [0.5, 0.6) is 0 Å². The maximum Gasteiger partial charge on any atom is 0.333 e. The van der Waals surface area contributed by atoms with Crippen molar-refractivity contribution in [2.45, 2.75) is 24.4 Å². The molecule has 1 aromatic carbocycles. The number of aliphatic hydroxyl groups is 3. The van der Waals surface area contributed by atoms with E-state index in [0.29, 0.717) is 5.56 Å². The van der Waals surface area contributed by atoms with Crippen LogP contribution in [0.25, 0.3) is 0 Å². The van der Waals surface area contributed by atoms with Crippen LogP contribution in [-0.4, -0.2) is 33.2 Å². The van der Waals surface area contributed by atoms with Crippen molar-refractivity contribution >= 4 is 5.97 Å². The minimum absolute atomic E-state index is 0.286. The van der Waals surface area contributed by atoms with E-state index in [0.717, 1.165) is 12.2 Å². The number of esters is 1. The smallest absolute Gasteiger partial charge is 0.333 e. The molecule has 5 nitrogen and oxygen atoms in total. The lowest BCUT2D eigenvalue weighted by molar-refractivity contribution is -0.190. The normalized spacial score (nSPS) is 25.8. The predicted octanol–water partition coefficient (Wildman–Crippen LogP) is 0.273. The van der Waals surface area contributed by atoms with Crippen LogP contribution in [0.15, 0.2) is 42.5 Å². The number of cyclic esters (lactones) is 1. The van der Waals surface area contributed by atoms with Crippen LogP contribution >= 0.6 is 0 Å². The van der Waals surface area contributed by atoms with Gasteiger partial charge in [0.15, 0.2) is 0 Å². The average Bonchev–Trinajstić information content (AvgIpc) is 2.69. The summed E-state index contributed by atoms with van der Waals surface area (Å²) in [6.07, 6.45) is -0.431. The Morgan fingerprint density at radius 3 is 2.44 bits per heavy atom. The molecule has 96 valence electrons. The van der Waals surface area contributed by atoms with E-state index in [4.69, 9.17) is 0 Å². The number of hydrogen-bond donors (Lipinski definition) is 3. The molecule has 1 aromatic rings. The quantitative estimate of drug-likeness (QED) is 0.668. The van der Waals surface area contributed by atoms with Gasteiger partial charge in [-0.1, -0.05) is 30.3 Å². The zero-order valence-electron chi connectivity index (χ0n) is 9.56. The van der Waals surface area contributed by atoms with E-state index in [1.54, 1.807) is 30.3 Å². The number of hydrogen-bond acceptors (Lipinski definition) is 5. The molecule has 0 aromatic heterocycles. The van der Waals surface area contributed by atoms with E-state index in [1.165, 1.54) is 0 Å². The first kappa shape index (κ1) is 12.8. The van der Waals surface area contributed by atoms with Crippen molar-refractivity contribution in [3.8, 4) is 0 Å². The summed E-state index contributed by atoms with van der Waals surface area (Å²) in [6.45, 7) is 0. The lowest BCUT2D eigenvalue weighted by Crippen LogP contribution is -2.35. The van der Waals surface area contributed by atoms with E-state index in [2.05, 4.69) is 4.74 Å². The van der Waals surface area contributed by atoms with E-state index in [-0.39, 0.29) is 6.42 Å². The molecule has 3 N–H and O–H groups in total. The molecule has 0 bridgehead atoms. The van der Waals surface area contributed by atoms with Crippen molar-refractivity contribution in [3.05, 3.63) is 48.0 Å². The minimum atomic E-state index is -1.84. The molecule has 1 aliphatic heterocycles. The number of carbonyl (C=O) groups excluding carboxylic acids is 1. The van der Waals surface area contributed by atoms with Crippen molar-refractivity contribution < 1.29 is 24.9 Å². The first-order valence-electron chi connectivity index (χ1n) is 5.56. The fourth-order valence-corrected chi connectivity index (χ4v) is 1.83. The molecule has 0 fully saturated rings.